The number of aliphatic hydroxyl groups excluding tert-OH is 1. The van der Waals surface area contributed by atoms with Crippen LogP contribution in [0, 0.1) is 29.1 Å². The molecule has 1 aliphatic heterocycles. The number of rotatable bonds is 9. The summed E-state index contributed by atoms with van der Waals surface area (Å²) in [5, 5.41) is 12.4. The molecule has 1 aromatic heterocycles. The zero-order valence-corrected chi connectivity index (χ0v) is 23.2. The normalized spacial score (nSPS) is 18.4. The van der Waals surface area contributed by atoms with E-state index in [1.807, 2.05) is 42.5 Å². The molecule has 1 saturated heterocycles. The molecule has 3 aromatic carbocycles. The van der Waals surface area contributed by atoms with Gasteiger partial charge in [-0.05, 0) is 28.8 Å². The Kier molecular flexibility index (Phi) is 9.71. The molecule has 0 unspecified atom stereocenters. The molecule has 2 heterocycles. The summed E-state index contributed by atoms with van der Waals surface area (Å²) in [4.78, 5) is 16.6. The second-order valence-corrected chi connectivity index (χ2v) is 10.7. The highest BCUT2D eigenvalue weighted by Gasteiger charge is 2.33. The molecule has 0 radical (unpaired) electrons. The lowest BCUT2D eigenvalue weighted by Crippen LogP contribution is -2.31. The van der Waals surface area contributed by atoms with Gasteiger partial charge in [0.15, 0.2) is 29.6 Å². The largest absolute Gasteiger partial charge is 0.392 e. The zero-order valence-electron chi connectivity index (χ0n) is 22.4. The van der Waals surface area contributed by atoms with Crippen LogP contribution in [0.1, 0.15) is 51.4 Å². The molecular formula is C31H25F5N2O4S. The number of halogens is 5. The first-order valence-electron chi connectivity index (χ1n) is 13.2. The summed E-state index contributed by atoms with van der Waals surface area (Å²) in [6, 6.07) is 19.8. The van der Waals surface area contributed by atoms with Gasteiger partial charge in [-0.2, -0.15) is 0 Å². The van der Waals surface area contributed by atoms with Crippen LogP contribution in [0.4, 0.5) is 22.0 Å². The van der Waals surface area contributed by atoms with Crippen LogP contribution in [0.2, 0.25) is 0 Å². The van der Waals surface area contributed by atoms with E-state index >= 15 is 0 Å². The van der Waals surface area contributed by atoms with E-state index in [-0.39, 0.29) is 25.4 Å². The maximum Gasteiger partial charge on any atom is 0.257 e. The number of hydrogen-bond donors (Lipinski definition) is 2. The number of aliphatic hydroxyl groups is 1. The maximum absolute atomic E-state index is 14.0. The Morgan fingerprint density at radius 3 is 2.09 bits per heavy atom. The summed E-state index contributed by atoms with van der Waals surface area (Å²) in [7, 11) is 0. The fourth-order valence-corrected chi connectivity index (χ4v) is 5.38. The number of thioether (sulfide) groups is 1. The second kappa shape index (κ2) is 13.6. The van der Waals surface area contributed by atoms with Crippen LogP contribution in [0.5, 0.6) is 0 Å². The molecule has 0 spiro atoms. The molecule has 2 N–H and O–H groups in total. The number of benzene rings is 3. The van der Waals surface area contributed by atoms with Gasteiger partial charge in [0, 0.05) is 30.5 Å². The molecule has 3 atom stereocenters. The Hall–Kier alpha value is -3.84. The SMILES string of the molecule is O=C(NCc1ccc([C@H]2O[C@@H](CSc3ccccn3)C[C@@H](c3ccc(CO)cc3)O2)cc1)c1c(F)c(F)c(F)c(F)c1F. The fraction of sp³-hybridized carbons (Fsp3) is 0.226. The van der Waals surface area contributed by atoms with Crippen LogP contribution < -0.4 is 5.32 Å². The van der Waals surface area contributed by atoms with Crippen molar-refractivity contribution in [1.29, 1.82) is 0 Å². The molecule has 0 bridgehead atoms. The van der Waals surface area contributed by atoms with Crippen LogP contribution in [0.25, 0.3) is 0 Å². The quantitative estimate of drug-likeness (QED) is 0.0963. The number of carbonyl (C=O) groups excluding carboxylic acids is 1. The standard InChI is InChI=1S/C31H25F5N2O4S/c32-25-24(26(33)28(35)29(36)27(25)34)30(40)38-14-17-4-10-20(11-5-17)31-41-21(16-43-23-3-1-2-12-37-23)13-22(42-31)19-8-6-18(15-39)7-9-19/h1-12,21-22,31,39H,13-16H2,(H,38,40)/t21-,22+,31+/m1/s1. The number of amides is 1. The average Bonchev–Trinajstić information content (AvgIpc) is 3.05. The van der Waals surface area contributed by atoms with E-state index in [0.717, 1.165) is 16.2 Å². The maximum atomic E-state index is 14.0. The topological polar surface area (TPSA) is 80.7 Å². The van der Waals surface area contributed by atoms with Gasteiger partial charge in [-0.25, -0.2) is 26.9 Å². The molecule has 0 saturated carbocycles. The highest BCUT2D eigenvalue weighted by Crippen LogP contribution is 2.39. The minimum Gasteiger partial charge on any atom is -0.392 e. The highest BCUT2D eigenvalue weighted by atomic mass is 32.2. The lowest BCUT2D eigenvalue weighted by molar-refractivity contribution is -0.245. The van der Waals surface area contributed by atoms with E-state index in [9.17, 15) is 31.9 Å². The van der Waals surface area contributed by atoms with Crippen molar-refractivity contribution < 1.29 is 41.3 Å². The lowest BCUT2D eigenvalue weighted by Gasteiger charge is -2.36. The third-order valence-electron chi connectivity index (χ3n) is 6.81. The first-order chi connectivity index (χ1) is 20.7. The minimum absolute atomic E-state index is 0.0742. The van der Waals surface area contributed by atoms with E-state index in [0.29, 0.717) is 23.3 Å². The van der Waals surface area contributed by atoms with Crippen LogP contribution >= 0.6 is 11.8 Å². The van der Waals surface area contributed by atoms with Crippen LogP contribution in [-0.2, 0) is 22.6 Å². The van der Waals surface area contributed by atoms with Crippen LogP contribution in [0.3, 0.4) is 0 Å². The van der Waals surface area contributed by atoms with Crippen molar-refractivity contribution in [3.05, 3.63) is 130 Å². The van der Waals surface area contributed by atoms with Crippen LogP contribution in [0.15, 0.2) is 78.0 Å². The molecular weight excluding hydrogens is 591 g/mol. The molecule has 5 rings (SSSR count). The van der Waals surface area contributed by atoms with Gasteiger partial charge in [0.1, 0.15) is 5.56 Å². The second-order valence-electron chi connectivity index (χ2n) is 9.70. The van der Waals surface area contributed by atoms with Crippen molar-refractivity contribution in [3.63, 3.8) is 0 Å². The van der Waals surface area contributed by atoms with E-state index in [4.69, 9.17) is 9.47 Å². The first kappa shape index (κ1) is 30.6. The predicted octanol–water partition coefficient (Wildman–Crippen LogP) is 6.54. The Balaban J connectivity index is 1.28. The Morgan fingerprint density at radius 2 is 1.47 bits per heavy atom. The van der Waals surface area contributed by atoms with Gasteiger partial charge in [-0.3, -0.25) is 4.79 Å². The van der Waals surface area contributed by atoms with E-state index in [2.05, 4.69) is 10.3 Å². The molecule has 6 nitrogen and oxygen atoms in total. The number of nitrogens with one attached hydrogen (secondary N) is 1. The van der Waals surface area contributed by atoms with Gasteiger partial charge < -0.3 is 19.9 Å². The zero-order chi connectivity index (χ0) is 30.5. The van der Waals surface area contributed by atoms with Crippen molar-refractivity contribution in [2.45, 2.75) is 43.1 Å². The summed E-state index contributed by atoms with van der Waals surface area (Å²) >= 11 is 1.56. The molecule has 1 aliphatic rings. The highest BCUT2D eigenvalue weighted by molar-refractivity contribution is 7.99. The number of ether oxygens (including phenoxy) is 2. The minimum atomic E-state index is -2.34. The number of hydrogen-bond acceptors (Lipinski definition) is 6. The van der Waals surface area contributed by atoms with Gasteiger partial charge >= 0.3 is 0 Å². The molecule has 0 aliphatic carbocycles. The lowest BCUT2D eigenvalue weighted by atomic mass is 10.0. The molecule has 4 aromatic rings. The van der Waals surface area contributed by atoms with Crippen molar-refractivity contribution in [3.8, 4) is 0 Å². The summed E-state index contributed by atoms with van der Waals surface area (Å²) < 4.78 is 80.9. The van der Waals surface area contributed by atoms with Gasteiger partial charge in [0.2, 0.25) is 5.82 Å². The fourth-order valence-electron chi connectivity index (χ4n) is 4.50. The Labute approximate surface area is 247 Å². The van der Waals surface area contributed by atoms with E-state index < -0.39 is 46.8 Å². The molecule has 12 heteroatoms. The summed E-state index contributed by atoms with van der Waals surface area (Å²) in [6.07, 6.45) is 1.04. The molecule has 1 fully saturated rings. The van der Waals surface area contributed by atoms with Crippen molar-refractivity contribution in [2.24, 2.45) is 0 Å². The Morgan fingerprint density at radius 1 is 0.837 bits per heavy atom. The summed E-state index contributed by atoms with van der Waals surface area (Å²) in [6.45, 7) is -0.316. The number of nitrogens with zero attached hydrogens (tertiary/aromatic N) is 1. The smallest absolute Gasteiger partial charge is 0.257 e. The molecule has 43 heavy (non-hydrogen) atoms. The Bertz CT molecular complexity index is 1550. The summed E-state index contributed by atoms with van der Waals surface area (Å²) in [5.74, 6) is -12.0. The number of carbonyl (C=O) groups is 1. The van der Waals surface area contributed by atoms with Crippen LogP contribution in [-0.4, -0.2) is 27.9 Å². The average molecular weight is 617 g/mol. The molecule has 1 amide bonds. The van der Waals surface area contributed by atoms with Gasteiger partial charge in [-0.1, -0.05) is 54.6 Å². The first-order valence-corrected chi connectivity index (χ1v) is 14.2. The van der Waals surface area contributed by atoms with E-state index in [1.54, 1.807) is 42.2 Å². The number of aromatic nitrogens is 1. The third kappa shape index (κ3) is 7.04. The van der Waals surface area contributed by atoms with Gasteiger partial charge in [-0.15, -0.1) is 11.8 Å². The number of pyridine rings is 1. The monoisotopic (exact) mass is 616 g/mol. The predicted molar refractivity (Wildman–Crippen MR) is 147 cm³/mol. The van der Waals surface area contributed by atoms with Gasteiger partial charge in [0.25, 0.3) is 5.91 Å². The van der Waals surface area contributed by atoms with Crippen molar-refractivity contribution in [2.75, 3.05) is 5.75 Å². The summed E-state index contributed by atoms with van der Waals surface area (Å²) in [5.41, 5.74) is 1.31. The molecule has 224 valence electrons. The van der Waals surface area contributed by atoms with E-state index in [1.165, 1.54) is 0 Å². The van der Waals surface area contributed by atoms with Crippen molar-refractivity contribution >= 4 is 17.7 Å². The third-order valence-corrected chi connectivity index (χ3v) is 7.89. The van der Waals surface area contributed by atoms with Crippen molar-refractivity contribution in [1.82, 2.24) is 10.3 Å². The van der Waals surface area contributed by atoms with Gasteiger partial charge in [0.05, 0.1) is 23.8 Å².